The minimum Gasteiger partial charge on any atom is -0.368 e. The molecule has 120 valence electrons. The lowest BCUT2D eigenvalue weighted by atomic mass is 10.0. The lowest BCUT2D eigenvalue weighted by Gasteiger charge is -2.30. The summed E-state index contributed by atoms with van der Waals surface area (Å²) in [5.41, 5.74) is 3.68. The molecule has 0 radical (unpaired) electrons. The zero-order valence-corrected chi connectivity index (χ0v) is 14.1. The van der Waals surface area contributed by atoms with Gasteiger partial charge in [0.2, 0.25) is 0 Å². The summed E-state index contributed by atoms with van der Waals surface area (Å²) in [7, 11) is 0. The van der Waals surface area contributed by atoms with E-state index in [2.05, 4.69) is 67.2 Å². The highest BCUT2D eigenvalue weighted by Crippen LogP contribution is 2.27. The molecule has 1 rings (SSSR count). The fraction of sp³-hybridized carbons (Fsp3) is 0.733. The maximum Gasteiger partial charge on any atom is 0.148 e. The second-order valence-corrected chi connectivity index (χ2v) is 6.14. The van der Waals surface area contributed by atoms with Crippen molar-refractivity contribution in [2.24, 2.45) is 5.84 Å². The molecule has 6 nitrogen and oxygen atoms in total. The number of nitrogen functional groups attached to an aromatic ring is 1. The molecule has 0 atom stereocenters. The largest absolute Gasteiger partial charge is 0.368 e. The minimum absolute atomic E-state index is 0.297. The van der Waals surface area contributed by atoms with Crippen molar-refractivity contribution in [2.75, 3.05) is 23.8 Å². The maximum absolute atomic E-state index is 5.54. The summed E-state index contributed by atoms with van der Waals surface area (Å²) in [4.78, 5) is 11.0. The van der Waals surface area contributed by atoms with Crippen LogP contribution in [0.1, 0.15) is 53.0 Å². The van der Waals surface area contributed by atoms with Gasteiger partial charge in [-0.15, -0.1) is 0 Å². The Hall–Kier alpha value is -1.40. The first kappa shape index (κ1) is 17.7. The van der Waals surface area contributed by atoms with Gasteiger partial charge >= 0.3 is 0 Å². The van der Waals surface area contributed by atoms with Gasteiger partial charge in [-0.25, -0.2) is 15.8 Å². The van der Waals surface area contributed by atoms with E-state index in [9.17, 15) is 0 Å². The van der Waals surface area contributed by atoms with Crippen molar-refractivity contribution in [2.45, 2.75) is 59.5 Å². The van der Waals surface area contributed by atoms with E-state index in [1.54, 1.807) is 0 Å². The molecule has 21 heavy (non-hydrogen) atoms. The Morgan fingerprint density at radius 2 is 1.62 bits per heavy atom. The van der Waals surface area contributed by atoms with Crippen molar-refractivity contribution in [3.8, 4) is 0 Å². The van der Waals surface area contributed by atoms with E-state index < -0.39 is 0 Å². The van der Waals surface area contributed by atoms with Gasteiger partial charge in [0.1, 0.15) is 18.0 Å². The molecule has 0 aromatic carbocycles. The van der Waals surface area contributed by atoms with Crippen LogP contribution in [0.25, 0.3) is 0 Å². The number of nitrogens with one attached hydrogen (secondary N) is 2. The second-order valence-electron chi connectivity index (χ2n) is 6.14. The highest BCUT2D eigenvalue weighted by molar-refractivity contribution is 5.58. The topological polar surface area (TPSA) is 79.1 Å². The summed E-state index contributed by atoms with van der Waals surface area (Å²) in [6.45, 7) is 14.9. The van der Waals surface area contributed by atoms with Crippen LogP contribution < -0.4 is 16.6 Å². The molecule has 0 aliphatic carbocycles. The summed E-state index contributed by atoms with van der Waals surface area (Å²) in [5, 5.41) is 3.42. The highest BCUT2D eigenvalue weighted by atomic mass is 15.3. The van der Waals surface area contributed by atoms with Gasteiger partial charge in [-0.2, -0.15) is 0 Å². The fourth-order valence-corrected chi connectivity index (χ4v) is 2.61. The Balaban J connectivity index is 2.75. The van der Waals surface area contributed by atoms with Crippen LogP contribution in [0.4, 0.5) is 11.6 Å². The first-order valence-corrected chi connectivity index (χ1v) is 7.69. The van der Waals surface area contributed by atoms with Crippen LogP contribution in [0.15, 0.2) is 6.33 Å². The lowest BCUT2D eigenvalue weighted by Crippen LogP contribution is -2.40. The van der Waals surface area contributed by atoms with Gasteiger partial charge in [-0.1, -0.05) is 13.8 Å². The molecule has 4 N–H and O–H groups in total. The van der Waals surface area contributed by atoms with E-state index in [0.29, 0.717) is 23.8 Å². The molecule has 0 saturated heterocycles. The smallest absolute Gasteiger partial charge is 0.148 e. The standard InChI is InChI=1S/C15H30N6/c1-10(2)13-14(18-9-19-15(13)20-16)17-7-8-21(11(3)4)12(5)6/h9-12H,7-8,16H2,1-6H3,(H2,17,18,19,20). The molecule has 0 spiro atoms. The van der Waals surface area contributed by atoms with Gasteiger partial charge in [0, 0.05) is 30.7 Å². The van der Waals surface area contributed by atoms with Crippen LogP contribution in [-0.2, 0) is 0 Å². The summed E-state index contributed by atoms with van der Waals surface area (Å²) in [5.74, 6) is 7.38. The molecule has 0 bridgehead atoms. The third-order valence-corrected chi connectivity index (χ3v) is 3.59. The Morgan fingerprint density at radius 1 is 1.05 bits per heavy atom. The van der Waals surface area contributed by atoms with Crippen LogP contribution in [0.5, 0.6) is 0 Å². The number of anilines is 2. The summed E-state index contributed by atoms with van der Waals surface area (Å²) >= 11 is 0. The maximum atomic E-state index is 5.54. The van der Waals surface area contributed by atoms with Gasteiger partial charge < -0.3 is 10.7 Å². The van der Waals surface area contributed by atoms with Crippen LogP contribution in [0, 0.1) is 0 Å². The molecule has 6 heteroatoms. The average molecular weight is 294 g/mol. The monoisotopic (exact) mass is 294 g/mol. The third kappa shape index (κ3) is 4.82. The van der Waals surface area contributed by atoms with Gasteiger partial charge in [-0.3, -0.25) is 4.90 Å². The van der Waals surface area contributed by atoms with Crippen molar-refractivity contribution in [1.29, 1.82) is 0 Å². The average Bonchev–Trinajstić information content (AvgIpc) is 2.41. The first-order chi connectivity index (χ1) is 9.88. The van der Waals surface area contributed by atoms with Crippen LogP contribution in [0.3, 0.4) is 0 Å². The van der Waals surface area contributed by atoms with Crippen LogP contribution in [0.2, 0.25) is 0 Å². The molecule has 0 aliphatic rings. The van der Waals surface area contributed by atoms with E-state index in [4.69, 9.17) is 5.84 Å². The first-order valence-electron chi connectivity index (χ1n) is 7.69. The number of hydrogen-bond donors (Lipinski definition) is 3. The molecule has 0 unspecified atom stereocenters. The number of nitrogens with zero attached hydrogens (tertiary/aromatic N) is 3. The lowest BCUT2D eigenvalue weighted by molar-refractivity contribution is 0.182. The van der Waals surface area contributed by atoms with E-state index in [1.165, 1.54) is 6.33 Å². The van der Waals surface area contributed by atoms with E-state index in [0.717, 1.165) is 24.5 Å². The third-order valence-electron chi connectivity index (χ3n) is 3.59. The van der Waals surface area contributed by atoms with E-state index in [1.807, 2.05) is 0 Å². The Bertz CT molecular complexity index is 422. The number of hydrogen-bond acceptors (Lipinski definition) is 6. The molecule has 1 aromatic heterocycles. The SMILES string of the molecule is CC(C)c1c(NN)ncnc1NCCN(C(C)C)C(C)C. The van der Waals surface area contributed by atoms with E-state index in [-0.39, 0.29) is 0 Å². The van der Waals surface area contributed by atoms with Crippen molar-refractivity contribution < 1.29 is 0 Å². The molecule has 0 amide bonds. The Labute approximate surface area is 128 Å². The van der Waals surface area contributed by atoms with Crippen molar-refractivity contribution in [3.05, 3.63) is 11.9 Å². The normalized spacial score (nSPS) is 11.8. The molecule has 0 aliphatic heterocycles. The molecule has 0 saturated carbocycles. The quantitative estimate of drug-likeness (QED) is 0.505. The predicted octanol–water partition coefficient (Wildman–Crippen LogP) is 2.42. The number of hydrazine groups is 1. The zero-order valence-electron chi connectivity index (χ0n) is 14.1. The molecule has 1 heterocycles. The summed E-state index contributed by atoms with van der Waals surface area (Å²) < 4.78 is 0. The Kier molecular flexibility index (Phi) is 6.84. The summed E-state index contributed by atoms with van der Waals surface area (Å²) in [6, 6.07) is 1.06. The summed E-state index contributed by atoms with van der Waals surface area (Å²) in [6.07, 6.45) is 1.53. The van der Waals surface area contributed by atoms with Crippen molar-refractivity contribution in [1.82, 2.24) is 14.9 Å². The van der Waals surface area contributed by atoms with Gasteiger partial charge in [0.25, 0.3) is 0 Å². The van der Waals surface area contributed by atoms with Crippen molar-refractivity contribution >= 4 is 11.6 Å². The second kappa shape index (κ2) is 8.14. The number of rotatable bonds is 8. The molecule has 1 aromatic rings. The van der Waals surface area contributed by atoms with Gasteiger partial charge in [0.05, 0.1) is 0 Å². The minimum atomic E-state index is 0.297. The Morgan fingerprint density at radius 3 is 2.10 bits per heavy atom. The van der Waals surface area contributed by atoms with Gasteiger partial charge in [-0.05, 0) is 33.6 Å². The predicted molar refractivity (Wildman–Crippen MR) is 89.4 cm³/mol. The molecule has 0 fully saturated rings. The van der Waals surface area contributed by atoms with E-state index >= 15 is 0 Å². The molecular formula is C15H30N6. The number of nitrogens with two attached hydrogens (primary N) is 1. The molecular weight excluding hydrogens is 264 g/mol. The van der Waals surface area contributed by atoms with Crippen molar-refractivity contribution in [3.63, 3.8) is 0 Å². The number of aromatic nitrogens is 2. The highest BCUT2D eigenvalue weighted by Gasteiger charge is 2.16. The van der Waals surface area contributed by atoms with Gasteiger partial charge in [0.15, 0.2) is 0 Å². The van der Waals surface area contributed by atoms with Crippen LogP contribution in [-0.4, -0.2) is 40.0 Å². The fourth-order valence-electron chi connectivity index (χ4n) is 2.61. The zero-order chi connectivity index (χ0) is 16.0. The van der Waals surface area contributed by atoms with Crippen LogP contribution >= 0.6 is 0 Å².